The van der Waals surface area contributed by atoms with E-state index < -0.39 is 79.7 Å². The predicted molar refractivity (Wildman–Crippen MR) is 187 cm³/mol. The third-order valence-corrected chi connectivity index (χ3v) is 10.9. The van der Waals surface area contributed by atoms with Gasteiger partial charge in [0.15, 0.2) is 6.23 Å². The maximum Gasteiger partial charge on any atom is 0.336 e. The Bertz CT molecular complexity index is 1340. The highest BCUT2D eigenvalue weighted by molar-refractivity contribution is 7.53. The molecule has 1 unspecified atom stereocenters. The zero-order valence-corrected chi connectivity index (χ0v) is 33.1. The highest BCUT2D eigenvalue weighted by atomic mass is 31.2. The molecule has 2 rings (SSSR count). The van der Waals surface area contributed by atoms with Gasteiger partial charge in [0.25, 0.3) is 5.56 Å². The number of aromatic nitrogens is 2. The minimum atomic E-state index is -3.99. The molecule has 0 aromatic carbocycles. The summed E-state index contributed by atoms with van der Waals surface area (Å²) in [4.78, 5) is 51.6. The van der Waals surface area contributed by atoms with Gasteiger partial charge in [0.2, 0.25) is 13.6 Å². The number of H-pyrrole nitrogens is 1. The molecule has 18 heteroatoms. The van der Waals surface area contributed by atoms with Gasteiger partial charge in [0, 0.05) is 31.5 Å². The molecule has 288 valence electrons. The fourth-order valence-corrected chi connectivity index (χ4v) is 6.99. The van der Waals surface area contributed by atoms with Gasteiger partial charge < -0.3 is 28.2 Å². The lowest BCUT2D eigenvalue weighted by Gasteiger charge is -2.32. The van der Waals surface area contributed by atoms with Crippen molar-refractivity contribution in [2.24, 2.45) is 10.8 Å². The highest BCUT2D eigenvalue weighted by Gasteiger charge is 2.48. The summed E-state index contributed by atoms with van der Waals surface area (Å²) in [5, 5.41) is 0. The lowest BCUT2D eigenvalue weighted by Crippen LogP contribution is -2.40. The van der Waals surface area contributed by atoms with E-state index in [0.29, 0.717) is 0 Å². The number of hydrogen-bond donors (Lipinski definition) is 1. The van der Waals surface area contributed by atoms with Crippen LogP contribution >= 0.6 is 16.6 Å². The van der Waals surface area contributed by atoms with Crippen LogP contribution in [0.2, 0.25) is 0 Å². The Hall–Kier alpha value is -2.00. The standard InChI is InChI=1S/C32H57N3O13P2/c1-21(2)35(22(3)4)49-48-25-23(47-27(26(25)42-17-16-41-11)34-15-14-24(36)33-30(34)39)13-12-18-50(40,45-19-43-28(37)31(5,6)7)46-20-44-29(38)32(8,9)10/h14-15,21-23,25-27,49H,12-13,16-20H2,1-11H3,(H,33,36,39)/t23-,25-,26-,27-/m1/s1. The minimum absolute atomic E-state index is 0.0873. The number of aromatic amines is 1. The Morgan fingerprint density at radius 2 is 1.52 bits per heavy atom. The molecule has 0 amide bonds. The zero-order chi connectivity index (χ0) is 37.9. The van der Waals surface area contributed by atoms with Crippen molar-refractivity contribution in [3.63, 3.8) is 0 Å². The van der Waals surface area contributed by atoms with Crippen molar-refractivity contribution in [1.82, 2.24) is 14.2 Å². The molecule has 1 aromatic heterocycles. The molecule has 5 atom stereocenters. The molecule has 1 aliphatic rings. The number of hydrogen-bond acceptors (Lipinski definition) is 14. The van der Waals surface area contributed by atoms with E-state index in [1.807, 2.05) is 0 Å². The zero-order valence-electron chi connectivity index (χ0n) is 31.2. The molecular formula is C32H57N3O13P2. The number of ether oxygens (including phenoxy) is 5. The molecule has 50 heavy (non-hydrogen) atoms. The molecule has 1 aromatic rings. The fraction of sp³-hybridized carbons (Fsp3) is 0.812. The smallest absolute Gasteiger partial charge is 0.336 e. The number of methoxy groups -OCH3 is 1. The first-order valence-electron chi connectivity index (χ1n) is 16.7. The van der Waals surface area contributed by atoms with Crippen LogP contribution in [0.1, 0.15) is 88.3 Å². The van der Waals surface area contributed by atoms with Gasteiger partial charge in [-0.25, -0.2) is 4.79 Å². The molecule has 1 N–H and O–H groups in total. The third kappa shape index (κ3) is 13.9. The van der Waals surface area contributed by atoms with Gasteiger partial charge in [-0.1, -0.05) is 0 Å². The van der Waals surface area contributed by atoms with Crippen molar-refractivity contribution < 1.29 is 51.4 Å². The van der Waals surface area contributed by atoms with E-state index in [9.17, 15) is 23.7 Å². The molecule has 1 aliphatic heterocycles. The van der Waals surface area contributed by atoms with Crippen molar-refractivity contribution >= 4 is 28.5 Å². The fourth-order valence-electron chi connectivity index (χ4n) is 4.71. The summed E-state index contributed by atoms with van der Waals surface area (Å²) in [6.45, 7) is 17.4. The van der Waals surface area contributed by atoms with Crippen LogP contribution < -0.4 is 11.2 Å². The van der Waals surface area contributed by atoms with Crippen LogP contribution in [0.25, 0.3) is 0 Å². The molecule has 0 bridgehead atoms. The summed E-state index contributed by atoms with van der Waals surface area (Å²) in [5.74, 6) is -1.13. The van der Waals surface area contributed by atoms with Gasteiger partial charge in [0.05, 0.1) is 45.3 Å². The molecule has 1 fully saturated rings. The molecule has 0 saturated carbocycles. The number of esters is 2. The van der Waals surface area contributed by atoms with Crippen LogP contribution in [0.4, 0.5) is 0 Å². The van der Waals surface area contributed by atoms with E-state index in [1.54, 1.807) is 41.5 Å². The number of nitrogens with zero attached hydrogens (tertiary/aromatic N) is 2. The van der Waals surface area contributed by atoms with Crippen molar-refractivity contribution in [3.8, 4) is 0 Å². The molecule has 0 aliphatic carbocycles. The second-order valence-corrected chi connectivity index (χ2v) is 17.6. The largest absolute Gasteiger partial charge is 0.438 e. The van der Waals surface area contributed by atoms with Gasteiger partial charge in [-0.15, -0.1) is 0 Å². The first-order valence-corrected chi connectivity index (χ1v) is 19.3. The monoisotopic (exact) mass is 753 g/mol. The third-order valence-electron chi connectivity index (χ3n) is 7.44. The summed E-state index contributed by atoms with van der Waals surface area (Å²) in [5.41, 5.74) is -2.89. The molecule has 16 nitrogen and oxygen atoms in total. The van der Waals surface area contributed by atoms with Crippen molar-refractivity contribution in [2.45, 2.75) is 119 Å². The van der Waals surface area contributed by atoms with E-state index in [1.165, 1.54) is 23.9 Å². The lowest BCUT2D eigenvalue weighted by molar-refractivity contribution is -0.162. The molecule has 1 saturated heterocycles. The van der Waals surface area contributed by atoms with Crippen LogP contribution in [0.15, 0.2) is 21.9 Å². The van der Waals surface area contributed by atoms with Gasteiger partial charge in [-0.2, -0.15) is 0 Å². The number of rotatable bonds is 20. The van der Waals surface area contributed by atoms with Crippen LogP contribution in [0.5, 0.6) is 0 Å². The average Bonchev–Trinajstić information content (AvgIpc) is 3.32. The van der Waals surface area contributed by atoms with Gasteiger partial charge in [-0.3, -0.25) is 42.2 Å². The number of carbonyl (C=O) groups excluding carboxylic acids is 2. The Morgan fingerprint density at radius 3 is 2.00 bits per heavy atom. The minimum Gasteiger partial charge on any atom is -0.438 e. The average molecular weight is 754 g/mol. The Balaban J connectivity index is 2.34. The normalized spacial score (nSPS) is 20.4. The molecule has 2 heterocycles. The second-order valence-electron chi connectivity index (χ2n) is 14.5. The summed E-state index contributed by atoms with van der Waals surface area (Å²) in [6, 6.07) is 1.55. The van der Waals surface area contributed by atoms with E-state index >= 15 is 0 Å². The summed E-state index contributed by atoms with van der Waals surface area (Å²) >= 11 is 0. The van der Waals surface area contributed by atoms with E-state index in [2.05, 4.69) is 37.3 Å². The maximum absolute atomic E-state index is 13.9. The SMILES string of the molecule is COCCO[C@@H]1[C@H](OPN(C(C)C)C(C)C)[C@@H](CCCP(=O)(OCOC(=O)C(C)(C)C)OCOC(=O)C(C)(C)C)O[C@H]1n1ccc(=O)[nH]c1=O. The maximum atomic E-state index is 13.9. The quantitative estimate of drug-likeness (QED) is 0.0845. The molecule has 0 spiro atoms. The highest BCUT2D eigenvalue weighted by Crippen LogP contribution is 2.50. The molecule has 0 radical (unpaired) electrons. The van der Waals surface area contributed by atoms with Crippen LogP contribution in [-0.2, 0) is 51.4 Å². The predicted octanol–water partition coefficient (Wildman–Crippen LogP) is 4.58. The Kier molecular flexibility index (Phi) is 17.4. The number of carbonyl (C=O) groups is 2. The van der Waals surface area contributed by atoms with Crippen molar-refractivity contribution in [1.29, 1.82) is 0 Å². The lowest BCUT2D eigenvalue weighted by atomic mass is 9.98. The van der Waals surface area contributed by atoms with Gasteiger partial charge in [0.1, 0.15) is 12.2 Å². The van der Waals surface area contributed by atoms with Gasteiger partial charge in [-0.05, 0) is 82.1 Å². The van der Waals surface area contributed by atoms with E-state index in [-0.39, 0.29) is 53.3 Å². The first-order chi connectivity index (χ1) is 23.2. The summed E-state index contributed by atoms with van der Waals surface area (Å²) < 4.78 is 62.9. The van der Waals surface area contributed by atoms with Gasteiger partial charge >= 0.3 is 25.2 Å². The molecular weight excluding hydrogens is 696 g/mol. The van der Waals surface area contributed by atoms with Crippen molar-refractivity contribution in [2.75, 3.05) is 40.1 Å². The Labute approximate surface area is 296 Å². The van der Waals surface area contributed by atoms with E-state index in [4.69, 9.17) is 37.3 Å². The Morgan fingerprint density at radius 1 is 0.960 bits per heavy atom. The second kappa shape index (κ2) is 19.7. The first kappa shape index (κ1) is 44.2. The van der Waals surface area contributed by atoms with Crippen molar-refractivity contribution in [3.05, 3.63) is 33.1 Å². The van der Waals surface area contributed by atoms with Crippen LogP contribution in [-0.4, -0.2) is 96.6 Å². The van der Waals surface area contributed by atoms with E-state index in [0.717, 1.165) is 0 Å². The van der Waals surface area contributed by atoms with Crippen LogP contribution in [0, 0.1) is 10.8 Å². The summed E-state index contributed by atoms with van der Waals surface area (Å²) in [6.07, 6.45) is -1.52. The topological polar surface area (TPSA) is 183 Å². The number of nitrogens with one attached hydrogen (secondary N) is 1. The summed E-state index contributed by atoms with van der Waals surface area (Å²) in [7, 11) is -2.54. The van der Waals surface area contributed by atoms with Crippen LogP contribution in [0.3, 0.4) is 0 Å².